The Morgan fingerprint density at radius 1 is 0.754 bits per heavy atom. The first kappa shape index (κ1) is 49.5. The third-order valence-electron chi connectivity index (χ3n) is 9.96. The minimum atomic E-state index is -1.59. The number of nitrogens with one attached hydrogen (secondary N) is 4. The summed E-state index contributed by atoms with van der Waals surface area (Å²) in [6.07, 6.45) is -0.216. The number of allylic oxidation sites excluding steroid dienone is 1. The van der Waals surface area contributed by atoms with E-state index in [0.29, 0.717) is 15.2 Å². The first-order valence-corrected chi connectivity index (χ1v) is 19.6. The van der Waals surface area contributed by atoms with Gasteiger partial charge in [-0.3, -0.25) is 58.9 Å². The third kappa shape index (κ3) is 13.8. The molecule has 0 unspecified atom stereocenters. The molecule has 0 aliphatic carbocycles. The third-order valence-corrected chi connectivity index (χ3v) is 10.3. The Labute approximate surface area is 354 Å². The van der Waals surface area contributed by atoms with Crippen LogP contribution in [0.3, 0.4) is 0 Å². The van der Waals surface area contributed by atoms with E-state index in [1.165, 1.54) is 24.3 Å². The Morgan fingerprint density at radius 3 is 1.69 bits per heavy atom. The average Bonchev–Trinajstić information content (AvgIpc) is 3.20. The molecule has 1 aromatic rings. The van der Waals surface area contributed by atoms with Crippen molar-refractivity contribution in [3.05, 3.63) is 40.6 Å². The molecule has 3 rings (SSSR count). The van der Waals surface area contributed by atoms with Crippen LogP contribution in [0, 0.1) is 0 Å². The molecule has 23 nitrogen and oxygen atoms in total. The number of aromatic hydroxyl groups is 1. The van der Waals surface area contributed by atoms with Crippen LogP contribution in [0.1, 0.15) is 83.7 Å². The van der Waals surface area contributed by atoms with Crippen molar-refractivity contribution < 1.29 is 69.0 Å². The topological polar surface area (TPSA) is 342 Å². The summed E-state index contributed by atoms with van der Waals surface area (Å²) in [5.74, 6) is -8.16. The molecule has 1 saturated heterocycles. The molecule has 6 atom stereocenters. The molecule has 1 fully saturated rings. The highest BCUT2D eigenvalue weighted by molar-refractivity contribution is 6.32. The summed E-state index contributed by atoms with van der Waals surface area (Å²) in [7, 11) is 0. The van der Waals surface area contributed by atoms with E-state index in [0.717, 1.165) is 25.7 Å². The number of aliphatic carboxylic acids is 1. The average molecular weight is 882 g/mol. The van der Waals surface area contributed by atoms with E-state index in [2.05, 4.69) is 21.3 Å². The van der Waals surface area contributed by atoms with E-state index in [1.54, 1.807) is 0 Å². The maximum absolute atomic E-state index is 14.1. The van der Waals surface area contributed by atoms with Crippen LogP contribution in [0.4, 0.5) is 0 Å². The minimum absolute atomic E-state index is 0.0325. The number of phenols is 1. The zero-order chi connectivity index (χ0) is 45.7. The van der Waals surface area contributed by atoms with Crippen LogP contribution in [0.25, 0.3) is 0 Å². The second-order valence-corrected chi connectivity index (χ2v) is 14.9. The smallest absolute Gasteiger partial charge is 0.353 e. The van der Waals surface area contributed by atoms with Crippen molar-refractivity contribution in [2.24, 2.45) is 5.73 Å². The van der Waals surface area contributed by atoms with Gasteiger partial charge in [0.15, 0.2) is 0 Å². The minimum Gasteiger partial charge on any atom is -0.508 e. The van der Waals surface area contributed by atoms with E-state index >= 15 is 0 Å². The number of hydrogen-bond donors (Lipinski definition) is 10. The molecular weight excluding hydrogens is 830 g/mol. The SMILES string of the molecule is CC(=O)N(O)CCC[C@@H](N)C(=O)N[C@H](CCCN(O)C(C)=O)C(=O)N[C@H](CCCN(O)C(C)=O)C(=O)N[C@@H](C(=O)N[C@@H]1C(=O)N2C(C(=O)O)=C(Cl)CC[C@H]12)c1ccc(O)cc1. The van der Waals surface area contributed by atoms with Crippen LogP contribution in [0.2, 0.25) is 0 Å². The molecule has 61 heavy (non-hydrogen) atoms. The summed E-state index contributed by atoms with van der Waals surface area (Å²) in [5, 5.41) is 60.3. The van der Waals surface area contributed by atoms with Crippen molar-refractivity contribution in [2.75, 3.05) is 19.6 Å². The lowest BCUT2D eigenvalue weighted by atomic mass is 9.86. The van der Waals surface area contributed by atoms with Crippen molar-refractivity contribution >= 4 is 64.8 Å². The molecule has 336 valence electrons. The van der Waals surface area contributed by atoms with Gasteiger partial charge in [0.25, 0.3) is 5.91 Å². The van der Waals surface area contributed by atoms with Crippen LogP contribution in [-0.4, -0.2) is 149 Å². The predicted octanol–water partition coefficient (Wildman–Crippen LogP) is -1.08. The summed E-state index contributed by atoms with van der Waals surface area (Å²) in [6.45, 7) is 2.61. The molecule has 0 bridgehead atoms. The quantitative estimate of drug-likeness (QED) is 0.0376. The number of hydroxylamine groups is 6. The second-order valence-electron chi connectivity index (χ2n) is 14.5. The fraction of sp³-hybridized carbons (Fsp3) is 0.541. The Morgan fingerprint density at radius 2 is 1.21 bits per heavy atom. The highest BCUT2D eigenvalue weighted by atomic mass is 35.5. The van der Waals surface area contributed by atoms with Gasteiger partial charge in [-0.15, -0.1) is 0 Å². The number of hydrogen-bond acceptors (Lipinski definition) is 14. The lowest BCUT2D eigenvalue weighted by molar-refractivity contribution is -0.163. The van der Waals surface area contributed by atoms with Crippen molar-refractivity contribution in [3.8, 4) is 5.75 Å². The largest absolute Gasteiger partial charge is 0.508 e. The summed E-state index contributed by atoms with van der Waals surface area (Å²) >= 11 is 6.09. The number of amides is 8. The number of fused-ring (bicyclic) bond motifs is 1. The number of carbonyl (C=O) groups excluding carboxylic acids is 8. The first-order chi connectivity index (χ1) is 28.6. The van der Waals surface area contributed by atoms with Crippen molar-refractivity contribution in [1.29, 1.82) is 0 Å². The Hall–Kier alpha value is -5.88. The molecule has 24 heteroatoms. The van der Waals surface area contributed by atoms with E-state index in [1.807, 2.05) is 0 Å². The van der Waals surface area contributed by atoms with Crippen molar-refractivity contribution in [2.45, 2.75) is 108 Å². The number of carboxylic acid groups (broad SMARTS) is 1. The lowest BCUT2D eigenvalue weighted by Crippen LogP contribution is -2.72. The number of benzene rings is 1. The maximum atomic E-state index is 14.1. The van der Waals surface area contributed by atoms with Crippen LogP contribution in [0.15, 0.2) is 35.0 Å². The molecule has 2 aliphatic heterocycles. The summed E-state index contributed by atoms with van der Waals surface area (Å²) < 4.78 is 0. The molecule has 1 aromatic carbocycles. The number of rotatable bonds is 22. The van der Waals surface area contributed by atoms with Gasteiger partial charge in [-0.1, -0.05) is 23.7 Å². The van der Waals surface area contributed by atoms with Gasteiger partial charge in [0.05, 0.1) is 12.1 Å². The Bertz CT molecular complexity index is 1870. The predicted molar refractivity (Wildman–Crippen MR) is 208 cm³/mol. The van der Waals surface area contributed by atoms with Gasteiger partial charge in [0.1, 0.15) is 35.6 Å². The monoisotopic (exact) mass is 881 g/mol. The fourth-order valence-corrected chi connectivity index (χ4v) is 6.79. The first-order valence-electron chi connectivity index (χ1n) is 19.3. The normalized spacial score (nSPS) is 17.6. The van der Waals surface area contributed by atoms with Crippen molar-refractivity contribution in [3.63, 3.8) is 0 Å². The van der Waals surface area contributed by atoms with Crippen LogP contribution < -0.4 is 27.0 Å². The highest BCUT2D eigenvalue weighted by Crippen LogP contribution is 2.38. The number of carboxylic acids is 1. The van der Waals surface area contributed by atoms with E-state index in [-0.39, 0.29) is 87.3 Å². The van der Waals surface area contributed by atoms with Crippen LogP contribution in [0.5, 0.6) is 5.75 Å². The van der Waals surface area contributed by atoms with Crippen LogP contribution >= 0.6 is 11.6 Å². The molecule has 2 aliphatic rings. The molecule has 11 N–H and O–H groups in total. The molecule has 8 amide bonds. The van der Waals surface area contributed by atoms with Gasteiger partial charge in [-0.05, 0) is 69.1 Å². The number of phenolic OH excluding ortho intramolecular Hbond substituents is 1. The summed E-state index contributed by atoms with van der Waals surface area (Å²) in [6, 6.07) is -2.70. The Kier molecular flexibility index (Phi) is 18.4. The van der Waals surface area contributed by atoms with E-state index < -0.39 is 95.2 Å². The molecule has 0 radical (unpaired) electrons. The zero-order valence-corrected chi connectivity index (χ0v) is 34.5. The second kappa shape index (κ2) is 22.6. The maximum Gasteiger partial charge on any atom is 0.353 e. The molecule has 0 saturated carbocycles. The van der Waals surface area contributed by atoms with Gasteiger partial charge < -0.3 is 37.2 Å². The van der Waals surface area contributed by atoms with E-state index in [9.17, 15) is 69.0 Å². The highest BCUT2D eigenvalue weighted by Gasteiger charge is 2.53. The van der Waals surface area contributed by atoms with E-state index in [4.69, 9.17) is 17.3 Å². The molecular formula is C37H52ClN9O14. The molecule has 0 aromatic heterocycles. The number of halogens is 1. The fourth-order valence-electron chi connectivity index (χ4n) is 6.51. The van der Waals surface area contributed by atoms with Gasteiger partial charge in [0, 0.05) is 45.4 Å². The number of nitrogens with zero attached hydrogens (tertiary/aromatic N) is 4. The van der Waals surface area contributed by atoms with Gasteiger partial charge in [0.2, 0.25) is 41.4 Å². The van der Waals surface area contributed by atoms with Gasteiger partial charge in [-0.25, -0.2) is 20.0 Å². The summed E-state index contributed by atoms with van der Waals surface area (Å²) in [5.41, 5.74) is 5.73. The lowest BCUT2D eigenvalue weighted by Gasteiger charge is -2.49. The number of nitrogens with two attached hydrogens (primary N) is 1. The molecule has 2 heterocycles. The summed E-state index contributed by atoms with van der Waals surface area (Å²) in [4.78, 5) is 116. The number of carbonyl (C=O) groups is 9. The van der Waals surface area contributed by atoms with Crippen molar-refractivity contribution in [1.82, 2.24) is 41.4 Å². The van der Waals surface area contributed by atoms with Gasteiger partial charge >= 0.3 is 5.97 Å². The zero-order valence-electron chi connectivity index (χ0n) is 33.7. The van der Waals surface area contributed by atoms with Crippen LogP contribution in [-0.2, 0) is 43.2 Å². The number of β-lactam (4-membered cyclic amide) rings is 1. The Balaban J connectivity index is 1.88. The molecule has 0 spiro atoms. The standard InChI is InChI=1S/C37H52ClN9O14/c1-19(48)44(59)16-4-7-25(39)32(52)40-26(8-5-17-45(60)20(2)49)33(53)41-27(9-6-18-46(61)21(3)50)34(54)42-29(22-10-12-23(51)13-11-22)35(55)43-30-28-15-14-24(38)31(37(57)58)47(28)36(30)56/h10-13,25-30,51,59-61H,4-9,14-18,39H2,1-3H3,(H,40,52)(H,41,53)(H,42,54)(H,43,55)(H,57,58)/t25-,26-,27-,28-,29-,30+/m1/s1. The van der Waals surface area contributed by atoms with Gasteiger partial charge in [-0.2, -0.15) is 0 Å².